The molecule has 174 valence electrons. The highest BCUT2D eigenvalue weighted by Crippen LogP contribution is 2.50. The standard InChI is InChI=1S/C28H27FN2O3/c29-22-9-6-20(7-10-22)26-27(21-8-11-24-25(16-21)34-18-33-24)31(28(26)32)23-12-14-30(15-13-23)17-19-4-2-1-3-5-19/h1-11,16,23,26-27H,12-15,17-18H2/t26-,27-/m1/s1. The highest BCUT2D eigenvalue weighted by molar-refractivity contribution is 5.92. The van der Waals surface area contributed by atoms with Crippen molar-refractivity contribution >= 4 is 5.91 Å². The molecule has 0 spiro atoms. The van der Waals surface area contributed by atoms with Crippen LogP contribution in [0.4, 0.5) is 4.39 Å². The number of benzene rings is 3. The number of carbonyl (C=O) groups is 1. The molecule has 0 saturated carbocycles. The molecule has 5 nitrogen and oxygen atoms in total. The summed E-state index contributed by atoms with van der Waals surface area (Å²) in [6.45, 7) is 3.06. The highest BCUT2D eigenvalue weighted by Gasteiger charge is 2.52. The first-order valence-corrected chi connectivity index (χ1v) is 11.9. The smallest absolute Gasteiger partial charge is 0.233 e. The van der Waals surface area contributed by atoms with Gasteiger partial charge in [-0.05, 0) is 53.8 Å². The lowest BCUT2D eigenvalue weighted by Gasteiger charge is -2.53. The molecular weight excluding hydrogens is 431 g/mol. The van der Waals surface area contributed by atoms with Crippen LogP contribution in [0.25, 0.3) is 0 Å². The molecule has 0 unspecified atom stereocenters. The molecule has 2 fully saturated rings. The third kappa shape index (κ3) is 3.82. The van der Waals surface area contributed by atoms with Crippen molar-refractivity contribution in [1.82, 2.24) is 9.80 Å². The minimum Gasteiger partial charge on any atom is -0.454 e. The van der Waals surface area contributed by atoms with Crippen LogP contribution in [0.5, 0.6) is 11.5 Å². The molecule has 3 aromatic rings. The molecule has 2 atom stereocenters. The molecule has 0 N–H and O–H groups in total. The topological polar surface area (TPSA) is 42.0 Å². The van der Waals surface area contributed by atoms with Gasteiger partial charge in [-0.3, -0.25) is 9.69 Å². The van der Waals surface area contributed by atoms with Crippen LogP contribution in [-0.2, 0) is 11.3 Å². The Balaban J connectivity index is 1.23. The maximum Gasteiger partial charge on any atom is 0.233 e. The summed E-state index contributed by atoms with van der Waals surface area (Å²) in [7, 11) is 0. The first-order valence-electron chi connectivity index (χ1n) is 11.9. The van der Waals surface area contributed by atoms with E-state index in [4.69, 9.17) is 9.47 Å². The summed E-state index contributed by atoms with van der Waals surface area (Å²) in [5.74, 6) is 0.956. The van der Waals surface area contributed by atoms with E-state index in [0.717, 1.165) is 49.4 Å². The summed E-state index contributed by atoms with van der Waals surface area (Å²) in [5, 5.41) is 0. The maximum atomic E-state index is 13.6. The van der Waals surface area contributed by atoms with E-state index in [1.165, 1.54) is 17.7 Å². The number of amides is 1. The number of likely N-dealkylation sites (tertiary alicyclic amines) is 2. The fraction of sp³-hybridized carbons (Fsp3) is 0.321. The number of hydrogen-bond donors (Lipinski definition) is 0. The number of ether oxygens (including phenoxy) is 2. The van der Waals surface area contributed by atoms with Crippen molar-refractivity contribution in [3.63, 3.8) is 0 Å². The van der Waals surface area contributed by atoms with Gasteiger partial charge in [0.25, 0.3) is 0 Å². The van der Waals surface area contributed by atoms with Gasteiger partial charge < -0.3 is 14.4 Å². The van der Waals surface area contributed by atoms with E-state index in [9.17, 15) is 9.18 Å². The number of rotatable bonds is 5. The van der Waals surface area contributed by atoms with Crippen LogP contribution in [0.3, 0.4) is 0 Å². The predicted molar refractivity (Wildman–Crippen MR) is 126 cm³/mol. The molecule has 3 heterocycles. The first kappa shape index (κ1) is 21.2. The second-order valence-corrected chi connectivity index (χ2v) is 9.33. The van der Waals surface area contributed by atoms with Crippen molar-refractivity contribution in [2.75, 3.05) is 19.9 Å². The predicted octanol–water partition coefficient (Wildman–Crippen LogP) is 4.89. The molecule has 1 amide bonds. The lowest BCUT2D eigenvalue weighted by Crippen LogP contribution is -2.59. The minimum absolute atomic E-state index is 0.0989. The Hall–Kier alpha value is -3.38. The van der Waals surface area contributed by atoms with Crippen molar-refractivity contribution in [2.24, 2.45) is 0 Å². The number of nitrogens with zero attached hydrogens (tertiary/aromatic N) is 2. The van der Waals surface area contributed by atoms with E-state index in [1.54, 1.807) is 12.1 Å². The zero-order valence-corrected chi connectivity index (χ0v) is 18.9. The molecule has 0 radical (unpaired) electrons. The molecule has 0 bridgehead atoms. The molecule has 6 heteroatoms. The van der Waals surface area contributed by atoms with E-state index in [2.05, 4.69) is 34.1 Å². The molecule has 0 aliphatic carbocycles. The Morgan fingerprint density at radius 2 is 1.56 bits per heavy atom. The lowest BCUT2D eigenvalue weighted by molar-refractivity contribution is -0.156. The lowest BCUT2D eigenvalue weighted by atomic mass is 9.75. The molecule has 34 heavy (non-hydrogen) atoms. The van der Waals surface area contributed by atoms with Crippen LogP contribution < -0.4 is 9.47 Å². The summed E-state index contributed by atoms with van der Waals surface area (Å²) in [6, 6.07) is 22.9. The van der Waals surface area contributed by atoms with Crippen LogP contribution in [0.1, 0.15) is 41.5 Å². The van der Waals surface area contributed by atoms with Crippen LogP contribution in [0.15, 0.2) is 72.8 Å². The Morgan fingerprint density at radius 1 is 0.853 bits per heavy atom. The maximum absolute atomic E-state index is 13.6. The molecular formula is C28H27FN2O3. The monoisotopic (exact) mass is 458 g/mol. The minimum atomic E-state index is -0.316. The summed E-state index contributed by atoms with van der Waals surface area (Å²) < 4.78 is 24.7. The number of halogens is 1. The van der Waals surface area contributed by atoms with Gasteiger partial charge in [0, 0.05) is 25.7 Å². The van der Waals surface area contributed by atoms with Gasteiger partial charge in [0.15, 0.2) is 11.5 Å². The quantitative estimate of drug-likeness (QED) is 0.511. The Bertz CT molecular complexity index is 1180. The highest BCUT2D eigenvalue weighted by atomic mass is 19.1. The van der Waals surface area contributed by atoms with E-state index in [0.29, 0.717) is 5.75 Å². The van der Waals surface area contributed by atoms with Crippen molar-refractivity contribution in [3.05, 3.63) is 95.3 Å². The van der Waals surface area contributed by atoms with Crippen LogP contribution in [0.2, 0.25) is 0 Å². The third-order valence-corrected chi connectivity index (χ3v) is 7.30. The van der Waals surface area contributed by atoms with Crippen LogP contribution in [0, 0.1) is 5.82 Å². The summed E-state index contributed by atoms with van der Waals surface area (Å²) in [6.07, 6.45) is 1.88. The Kier molecular flexibility index (Phi) is 5.46. The summed E-state index contributed by atoms with van der Waals surface area (Å²) in [4.78, 5) is 18.0. The normalized spacial score (nSPS) is 22.6. The largest absolute Gasteiger partial charge is 0.454 e. The molecule has 2 saturated heterocycles. The Labute approximate surface area is 198 Å². The zero-order chi connectivity index (χ0) is 23.1. The Morgan fingerprint density at radius 3 is 2.32 bits per heavy atom. The first-order chi connectivity index (χ1) is 16.7. The van der Waals surface area contributed by atoms with Crippen molar-refractivity contribution < 1.29 is 18.7 Å². The van der Waals surface area contributed by atoms with Crippen molar-refractivity contribution in [1.29, 1.82) is 0 Å². The van der Waals surface area contributed by atoms with Gasteiger partial charge >= 0.3 is 0 Å². The number of carbonyl (C=O) groups excluding carboxylic acids is 1. The summed E-state index contributed by atoms with van der Waals surface area (Å²) in [5.41, 5.74) is 3.20. The SMILES string of the molecule is O=C1[C@H](c2ccc(F)cc2)[C@@H](c2ccc3c(c2)OCO3)N1C1CCN(Cc2ccccc2)CC1. The van der Waals surface area contributed by atoms with Gasteiger partial charge in [0.2, 0.25) is 12.7 Å². The molecule has 3 aliphatic heterocycles. The van der Waals surface area contributed by atoms with E-state index >= 15 is 0 Å². The molecule has 0 aromatic heterocycles. The van der Waals surface area contributed by atoms with Gasteiger partial charge in [-0.2, -0.15) is 0 Å². The van der Waals surface area contributed by atoms with Crippen LogP contribution in [-0.4, -0.2) is 41.6 Å². The second kappa shape index (κ2) is 8.76. The van der Waals surface area contributed by atoms with E-state index in [1.807, 2.05) is 24.3 Å². The van der Waals surface area contributed by atoms with Gasteiger partial charge in [-0.1, -0.05) is 48.5 Å². The van der Waals surface area contributed by atoms with E-state index < -0.39 is 0 Å². The van der Waals surface area contributed by atoms with Gasteiger partial charge in [0.1, 0.15) is 5.82 Å². The number of piperidine rings is 1. The van der Waals surface area contributed by atoms with E-state index in [-0.39, 0.29) is 36.5 Å². The summed E-state index contributed by atoms with van der Waals surface area (Å²) >= 11 is 0. The average molecular weight is 459 g/mol. The van der Waals surface area contributed by atoms with Gasteiger partial charge in [-0.15, -0.1) is 0 Å². The van der Waals surface area contributed by atoms with Crippen molar-refractivity contribution in [2.45, 2.75) is 37.4 Å². The van der Waals surface area contributed by atoms with Gasteiger partial charge in [-0.25, -0.2) is 4.39 Å². The zero-order valence-electron chi connectivity index (χ0n) is 18.9. The van der Waals surface area contributed by atoms with Crippen molar-refractivity contribution in [3.8, 4) is 11.5 Å². The molecule has 6 rings (SSSR count). The van der Waals surface area contributed by atoms with Crippen LogP contribution >= 0.6 is 0 Å². The fourth-order valence-corrected chi connectivity index (χ4v) is 5.56. The number of β-lactam (4-membered cyclic amide) rings is 1. The molecule has 3 aromatic carbocycles. The number of hydrogen-bond acceptors (Lipinski definition) is 4. The molecule has 3 aliphatic rings. The second-order valence-electron chi connectivity index (χ2n) is 9.33. The van der Waals surface area contributed by atoms with Gasteiger partial charge in [0.05, 0.1) is 12.0 Å². The average Bonchev–Trinajstić information content (AvgIpc) is 3.33. The number of fused-ring (bicyclic) bond motifs is 1. The fourth-order valence-electron chi connectivity index (χ4n) is 5.56. The third-order valence-electron chi connectivity index (χ3n) is 7.30.